The molecule has 0 bridgehead atoms. The van der Waals surface area contributed by atoms with Gasteiger partial charge >= 0.3 is 0 Å². The zero-order valence-electron chi connectivity index (χ0n) is 11.2. The molecule has 0 aliphatic carbocycles. The minimum atomic E-state index is -0.261. The van der Waals surface area contributed by atoms with Gasteiger partial charge in [-0.15, -0.1) is 0 Å². The van der Waals surface area contributed by atoms with Gasteiger partial charge in [-0.1, -0.05) is 6.07 Å². The van der Waals surface area contributed by atoms with E-state index in [1.807, 2.05) is 6.92 Å². The van der Waals surface area contributed by atoms with Gasteiger partial charge in [-0.3, -0.25) is 4.79 Å². The lowest BCUT2D eigenvalue weighted by Gasteiger charge is -2.10. The molecule has 1 aromatic carbocycles. The molecular weight excluding hydrogens is 245 g/mol. The van der Waals surface area contributed by atoms with Crippen LogP contribution < -0.4 is 5.32 Å². The Morgan fingerprint density at radius 2 is 2.37 bits per heavy atom. The summed E-state index contributed by atoms with van der Waals surface area (Å²) in [5.74, 6) is 0.310. The number of hydrogen-bond acceptors (Lipinski definition) is 2. The van der Waals surface area contributed by atoms with E-state index in [1.54, 1.807) is 6.07 Å². The molecule has 1 fully saturated rings. The van der Waals surface area contributed by atoms with Crippen LogP contribution in [-0.2, 0) is 16.0 Å². The molecule has 1 amide bonds. The lowest BCUT2D eigenvalue weighted by Crippen LogP contribution is -2.27. The van der Waals surface area contributed by atoms with Crippen LogP contribution in [0.5, 0.6) is 0 Å². The van der Waals surface area contributed by atoms with Crippen molar-refractivity contribution in [1.82, 2.24) is 5.32 Å². The minimum absolute atomic E-state index is 0.00590. The van der Waals surface area contributed by atoms with Crippen molar-refractivity contribution < 1.29 is 13.9 Å². The van der Waals surface area contributed by atoms with Gasteiger partial charge in [0.1, 0.15) is 5.82 Å². The molecule has 0 aromatic heterocycles. The molecule has 0 radical (unpaired) electrons. The van der Waals surface area contributed by atoms with Crippen LogP contribution in [0.1, 0.15) is 24.0 Å². The number of aryl methyl sites for hydroxylation is 1. The molecule has 1 saturated heterocycles. The third-order valence-corrected chi connectivity index (χ3v) is 3.55. The van der Waals surface area contributed by atoms with Crippen molar-refractivity contribution in [2.24, 2.45) is 5.92 Å². The summed E-state index contributed by atoms with van der Waals surface area (Å²) in [5, 5.41) is 2.91. The first-order valence-electron chi connectivity index (χ1n) is 6.74. The van der Waals surface area contributed by atoms with Crippen LogP contribution in [0.25, 0.3) is 0 Å². The Labute approximate surface area is 113 Å². The maximum atomic E-state index is 12.9. The second-order valence-corrected chi connectivity index (χ2v) is 5.12. The predicted octanol–water partition coefficient (Wildman–Crippen LogP) is 2.22. The molecule has 104 valence electrons. The van der Waals surface area contributed by atoms with Crippen LogP contribution >= 0.6 is 0 Å². The highest BCUT2D eigenvalue weighted by Gasteiger charge is 2.15. The highest BCUT2D eigenvalue weighted by atomic mass is 19.1. The summed E-state index contributed by atoms with van der Waals surface area (Å²) < 4.78 is 18.2. The Morgan fingerprint density at radius 3 is 3.05 bits per heavy atom. The van der Waals surface area contributed by atoms with Gasteiger partial charge in [0.2, 0.25) is 5.91 Å². The summed E-state index contributed by atoms with van der Waals surface area (Å²) >= 11 is 0. The highest BCUT2D eigenvalue weighted by molar-refractivity contribution is 5.78. The van der Waals surface area contributed by atoms with Crippen molar-refractivity contribution in [2.75, 3.05) is 19.8 Å². The van der Waals surface area contributed by atoms with Crippen LogP contribution in [0.4, 0.5) is 4.39 Å². The van der Waals surface area contributed by atoms with Gasteiger partial charge < -0.3 is 10.1 Å². The number of carbonyl (C=O) groups excluding carboxylic acids is 1. The fraction of sp³-hybridized carbons (Fsp3) is 0.533. The summed E-state index contributed by atoms with van der Waals surface area (Å²) in [6, 6.07) is 4.53. The van der Waals surface area contributed by atoms with Gasteiger partial charge in [0, 0.05) is 19.8 Å². The van der Waals surface area contributed by atoms with Crippen LogP contribution in [0.2, 0.25) is 0 Å². The number of benzene rings is 1. The van der Waals surface area contributed by atoms with E-state index in [9.17, 15) is 9.18 Å². The number of ether oxygens (including phenoxy) is 1. The van der Waals surface area contributed by atoms with Crippen molar-refractivity contribution in [1.29, 1.82) is 0 Å². The Bertz CT molecular complexity index is 442. The van der Waals surface area contributed by atoms with Crippen LogP contribution in [0.3, 0.4) is 0 Å². The van der Waals surface area contributed by atoms with E-state index in [-0.39, 0.29) is 11.7 Å². The molecule has 1 N–H and O–H groups in total. The summed E-state index contributed by atoms with van der Waals surface area (Å²) in [6.07, 6.45) is 2.37. The van der Waals surface area contributed by atoms with E-state index < -0.39 is 0 Å². The van der Waals surface area contributed by atoms with E-state index in [4.69, 9.17) is 4.74 Å². The molecule has 1 aliphatic rings. The largest absolute Gasteiger partial charge is 0.381 e. The second-order valence-electron chi connectivity index (χ2n) is 5.12. The number of halogens is 1. The maximum Gasteiger partial charge on any atom is 0.224 e. The van der Waals surface area contributed by atoms with Crippen LogP contribution in [0, 0.1) is 18.7 Å². The molecule has 19 heavy (non-hydrogen) atoms. The first kappa shape index (κ1) is 14.0. The molecule has 0 saturated carbocycles. The molecule has 0 unspecified atom stereocenters. The zero-order chi connectivity index (χ0) is 13.7. The zero-order valence-corrected chi connectivity index (χ0v) is 11.2. The molecule has 1 aliphatic heterocycles. The summed E-state index contributed by atoms with van der Waals surface area (Å²) in [7, 11) is 0. The molecular formula is C15H20FNO2. The Hall–Kier alpha value is -1.42. The minimum Gasteiger partial charge on any atom is -0.381 e. The molecule has 4 heteroatoms. The Kier molecular flexibility index (Phi) is 4.91. The summed E-state index contributed by atoms with van der Waals surface area (Å²) in [4.78, 5) is 11.8. The summed E-state index contributed by atoms with van der Waals surface area (Å²) in [5.41, 5.74) is 1.70. The maximum absolute atomic E-state index is 12.9. The van der Waals surface area contributed by atoms with Crippen molar-refractivity contribution in [3.63, 3.8) is 0 Å². The fourth-order valence-corrected chi connectivity index (χ4v) is 2.32. The summed E-state index contributed by atoms with van der Waals surface area (Å²) in [6.45, 7) is 4.16. The molecule has 0 spiro atoms. The lowest BCUT2D eigenvalue weighted by molar-refractivity contribution is -0.120. The smallest absolute Gasteiger partial charge is 0.224 e. The molecule has 1 atom stereocenters. The molecule has 3 nitrogen and oxygen atoms in total. The van der Waals surface area contributed by atoms with Gasteiger partial charge in [-0.05, 0) is 48.9 Å². The molecule has 1 heterocycles. The number of amides is 1. The van der Waals surface area contributed by atoms with Crippen molar-refractivity contribution in [2.45, 2.75) is 26.2 Å². The Balaban J connectivity index is 1.74. The quantitative estimate of drug-likeness (QED) is 0.886. The standard InChI is InChI=1S/C15H20FNO2/c1-11-8-14(16)3-2-13(11)9-15(18)17-6-4-12-5-7-19-10-12/h2-3,8,12H,4-7,9-10H2,1H3,(H,17,18)/t12-/m1/s1. The fourth-order valence-electron chi connectivity index (χ4n) is 2.32. The van der Waals surface area contributed by atoms with Gasteiger partial charge in [0.25, 0.3) is 0 Å². The highest BCUT2D eigenvalue weighted by Crippen LogP contribution is 2.15. The second kappa shape index (κ2) is 6.66. The van der Waals surface area contributed by atoms with E-state index in [1.165, 1.54) is 12.1 Å². The first-order valence-corrected chi connectivity index (χ1v) is 6.74. The van der Waals surface area contributed by atoms with Gasteiger partial charge in [0.05, 0.1) is 6.42 Å². The predicted molar refractivity (Wildman–Crippen MR) is 71.4 cm³/mol. The van der Waals surface area contributed by atoms with E-state index in [2.05, 4.69) is 5.32 Å². The third kappa shape index (κ3) is 4.31. The SMILES string of the molecule is Cc1cc(F)ccc1CC(=O)NCC[C@@H]1CCOC1. The normalized spacial score (nSPS) is 18.5. The van der Waals surface area contributed by atoms with Crippen molar-refractivity contribution in [3.8, 4) is 0 Å². The number of carbonyl (C=O) groups is 1. The monoisotopic (exact) mass is 265 g/mol. The van der Waals surface area contributed by atoms with E-state index >= 15 is 0 Å². The average molecular weight is 265 g/mol. The van der Waals surface area contributed by atoms with Crippen LogP contribution in [0.15, 0.2) is 18.2 Å². The third-order valence-electron chi connectivity index (χ3n) is 3.55. The van der Waals surface area contributed by atoms with Gasteiger partial charge in [0.15, 0.2) is 0 Å². The molecule has 1 aromatic rings. The van der Waals surface area contributed by atoms with E-state index in [0.29, 0.717) is 18.9 Å². The van der Waals surface area contributed by atoms with Gasteiger partial charge in [-0.25, -0.2) is 4.39 Å². The topological polar surface area (TPSA) is 38.3 Å². The lowest BCUT2D eigenvalue weighted by atomic mass is 10.0. The number of hydrogen-bond donors (Lipinski definition) is 1. The van der Waals surface area contributed by atoms with Crippen molar-refractivity contribution >= 4 is 5.91 Å². The number of nitrogens with one attached hydrogen (secondary N) is 1. The first-order chi connectivity index (χ1) is 9.15. The number of rotatable bonds is 5. The Morgan fingerprint density at radius 1 is 1.53 bits per heavy atom. The van der Waals surface area contributed by atoms with Crippen LogP contribution in [-0.4, -0.2) is 25.7 Å². The van der Waals surface area contributed by atoms with Gasteiger partial charge in [-0.2, -0.15) is 0 Å². The van der Waals surface area contributed by atoms with Crippen molar-refractivity contribution in [3.05, 3.63) is 35.1 Å². The molecule has 2 rings (SSSR count). The average Bonchev–Trinajstić information content (AvgIpc) is 2.86. The van der Waals surface area contributed by atoms with E-state index in [0.717, 1.165) is 37.2 Å².